The molecular formula is C52H67N4O6S+. The number of benzene rings is 4. The molecular weight excluding hydrogens is 809 g/mol. The van der Waals surface area contributed by atoms with Crippen molar-refractivity contribution in [2.24, 2.45) is 0 Å². The maximum atomic E-state index is 11.8. The Morgan fingerprint density at radius 2 is 1.29 bits per heavy atom. The van der Waals surface area contributed by atoms with E-state index in [2.05, 4.69) is 87.5 Å². The molecule has 0 aliphatic carbocycles. The number of allylic oxidation sites excluding steroid dienone is 8. The molecule has 5 rings (SSSR count). The molecule has 0 saturated heterocycles. The standard InChI is InChI=1S/C49H58N4O6.C3H8S/c1-35(2)58-41-22-16-37(17-23-41)28-31-50-45-26-20-39(52(54)55)33-43(45)48(5,6)30-14-12-10-9-11-13-15-47-49(7,8)44-34-40(53(56)57)21-27-46(44)51(47)32-29-38-18-24-42(25-19-38)59-36(3)4;1-3-4-2/h9-27,33-36,50H,28-32H2,1-8H3;3H2,1-2H3/p+1/b10-9+,13-11+,14-12+,47-15+;. The second-order valence-electron chi connectivity index (χ2n) is 17.3. The Morgan fingerprint density at radius 3 is 1.84 bits per heavy atom. The number of hydrogen-bond donors (Lipinski definition) is 1. The Balaban J connectivity index is 0.00000209. The molecule has 0 spiro atoms. The van der Waals surface area contributed by atoms with Crippen LogP contribution in [-0.4, -0.2) is 47.2 Å². The fourth-order valence-corrected chi connectivity index (χ4v) is 7.48. The molecule has 2 N–H and O–H groups in total. The van der Waals surface area contributed by atoms with Gasteiger partial charge in [-0.1, -0.05) is 95.3 Å². The van der Waals surface area contributed by atoms with Crippen LogP contribution in [0.1, 0.15) is 91.0 Å². The van der Waals surface area contributed by atoms with Crippen molar-refractivity contribution in [1.29, 1.82) is 0 Å². The van der Waals surface area contributed by atoms with Gasteiger partial charge in [0.05, 0.1) is 28.6 Å². The van der Waals surface area contributed by atoms with Crippen molar-refractivity contribution in [3.63, 3.8) is 0 Å². The van der Waals surface area contributed by atoms with Crippen molar-refractivity contribution < 1.29 is 24.6 Å². The van der Waals surface area contributed by atoms with Crippen molar-refractivity contribution >= 4 is 34.5 Å². The maximum absolute atomic E-state index is 11.8. The van der Waals surface area contributed by atoms with E-state index in [9.17, 15) is 20.2 Å². The van der Waals surface area contributed by atoms with Gasteiger partial charge in [0.2, 0.25) is 0 Å². The molecule has 0 aromatic heterocycles. The number of hydrogen-bond acceptors (Lipinski definition) is 8. The lowest BCUT2D eigenvalue weighted by Gasteiger charge is -2.27. The molecule has 0 atom stereocenters. The normalized spacial score (nSPS) is 14.2. The molecule has 4 aromatic carbocycles. The Labute approximate surface area is 379 Å². The molecule has 0 bridgehead atoms. The van der Waals surface area contributed by atoms with Crippen molar-refractivity contribution in [1.82, 2.24) is 0 Å². The number of nitrogens with zero attached hydrogens (tertiary/aromatic N) is 3. The molecule has 0 unspecified atom stereocenters. The predicted octanol–water partition coefficient (Wildman–Crippen LogP) is 12.1. The predicted molar refractivity (Wildman–Crippen MR) is 262 cm³/mol. The van der Waals surface area contributed by atoms with E-state index in [1.807, 2.05) is 106 Å². The number of ether oxygens (including phenoxy) is 2. The minimum absolute atomic E-state index is 0.0851. The molecule has 336 valence electrons. The first-order valence-corrected chi connectivity index (χ1v) is 23.3. The van der Waals surface area contributed by atoms with E-state index in [4.69, 9.17) is 9.47 Å². The molecule has 1 heterocycles. The first-order valence-electron chi connectivity index (χ1n) is 21.9. The number of nitro groups is 2. The van der Waals surface area contributed by atoms with Crippen LogP contribution in [0.5, 0.6) is 11.5 Å². The summed E-state index contributed by atoms with van der Waals surface area (Å²) in [6.07, 6.45) is 18.8. The van der Waals surface area contributed by atoms with Gasteiger partial charge in [-0.15, -0.1) is 0 Å². The van der Waals surface area contributed by atoms with Crippen LogP contribution < -0.4 is 19.7 Å². The highest BCUT2D eigenvalue weighted by Crippen LogP contribution is 2.49. The van der Waals surface area contributed by atoms with Crippen LogP contribution in [0.2, 0.25) is 0 Å². The summed E-state index contributed by atoms with van der Waals surface area (Å²) >= 11 is 1.86. The van der Waals surface area contributed by atoms with Gasteiger partial charge in [0.1, 0.15) is 17.2 Å². The van der Waals surface area contributed by atoms with Crippen LogP contribution in [0.25, 0.3) is 0 Å². The average molecular weight is 876 g/mol. The Morgan fingerprint density at radius 1 is 0.762 bits per heavy atom. The first-order chi connectivity index (χ1) is 30.0. The number of nitro benzene ring substituents is 2. The number of non-ortho nitro benzene ring substituents is 2. The number of rotatable bonds is 20. The van der Waals surface area contributed by atoms with E-state index in [0.29, 0.717) is 13.0 Å². The van der Waals surface area contributed by atoms with Crippen LogP contribution >= 0.6 is 11.8 Å². The van der Waals surface area contributed by atoms with Gasteiger partial charge in [-0.2, -0.15) is 11.8 Å². The maximum Gasteiger partial charge on any atom is 0.270 e. The van der Waals surface area contributed by atoms with Gasteiger partial charge in [-0.05, 0) is 111 Å². The minimum Gasteiger partial charge on any atom is -0.491 e. The minimum atomic E-state index is -0.452. The van der Waals surface area contributed by atoms with E-state index in [1.165, 1.54) is 16.9 Å². The van der Waals surface area contributed by atoms with Crippen LogP contribution in [-0.2, 0) is 23.7 Å². The van der Waals surface area contributed by atoms with Crippen LogP contribution in [0, 0.1) is 20.2 Å². The number of thioether (sulfide) groups is 1. The molecule has 0 amide bonds. The van der Waals surface area contributed by atoms with Gasteiger partial charge in [0.25, 0.3) is 11.4 Å². The number of nitrogens with two attached hydrogens (primary N) is 1. The topological polar surface area (TPSA) is 125 Å². The van der Waals surface area contributed by atoms with Gasteiger partial charge in [-0.3, -0.25) is 20.2 Å². The molecule has 11 heteroatoms. The van der Waals surface area contributed by atoms with Crippen LogP contribution in [0.15, 0.2) is 133 Å². The van der Waals surface area contributed by atoms with Crippen LogP contribution in [0.4, 0.5) is 22.7 Å². The summed E-state index contributed by atoms with van der Waals surface area (Å²) in [4.78, 5) is 25.1. The lowest BCUT2D eigenvalue weighted by atomic mass is 9.80. The van der Waals surface area contributed by atoms with Gasteiger partial charge in [-0.25, -0.2) is 0 Å². The van der Waals surface area contributed by atoms with Gasteiger partial charge in [0.15, 0.2) is 0 Å². The van der Waals surface area contributed by atoms with Crippen molar-refractivity contribution in [3.05, 3.63) is 176 Å². The highest BCUT2D eigenvalue weighted by atomic mass is 32.2. The third kappa shape index (κ3) is 14.7. The molecule has 0 radical (unpaired) electrons. The molecule has 0 fully saturated rings. The Kier molecular flexibility index (Phi) is 18.8. The van der Waals surface area contributed by atoms with Crippen molar-refractivity contribution in [3.8, 4) is 11.5 Å². The SMILES string of the molecule is CC(C)Oc1ccc(CC[NH2+]c2ccc([N+](=O)[O-])cc2C(C)(C)C/C=C/C=C/C=C/C=C2/N(CCc3ccc(OC(C)C)cc3)c3ccc([N+](=O)[O-])cc3C2(C)C)cc1.CCSC. The fourth-order valence-electron chi connectivity index (χ4n) is 7.48. The van der Waals surface area contributed by atoms with E-state index < -0.39 is 5.41 Å². The number of anilines is 1. The van der Waals surface area contributed by atoms with Gasteiger partial charge >= 0.3 is 0 Å². The van der Waals surface area contributed by atoms with Crippen LogP contribution in [0.3, 0.4) is 0 Å². The fraction of sp³-hybridized carbons (Fsp3) is 0.385. The lowest BCUT2D eigenvalue weighted by Crippen LogP contribution is -2.79. The molecule has 1 aliphatic rings. The highest BCUT2D eigenvalue weighted by molar-refractivity contribution is 7.98. The lowest BCUT2D eigenvalue weighted by molar-refractivity contribution is -0.571. The second kappa shape index (κ2) is 23.7. The molecule has 63 heavy (non-hydrogen) atoms. The Bertz CT molecular complexity index is 2240. The zero-order valence-electron chi connectivity index (χ0n) is 38.8. The third-order valence-electron chi connectivity index (χ3n) is 10.8. The number of quaternary nitrogens is 1. The molecule has 0 saturated carbocycles. The van der Waals surface area contributed by atoms with E-state index in [1.54, 1.807) is 24.3 Å². The summed E-state index contributed by atoms with van der Waals surface area (Å²) in [6, 6.07) is 26.7. The zero-order valence-corrected chi connectivity index (χ0v) is 39.6. The van der Waals surface area contributed by atoms with Crippen molar-refractivity contribution in [2.45, 2.75) is 105 Å². The summed E-state index contributed by atoms with van der Waals surface area (Å²) < 4.78 is 11.6. The largest absolute Gasteiger partial charge is 0.491 e. The Hall–Kier alpha value is -5.65. The quantitative estimate of drug-likeness (QED) is 0.0403. The monoisotopic (exact) mass is 875 g/mol. The van der Waals surface area contributed by atoms with Gasteiger partial charge < -0.3 is 19.7 Å². The summed E-state index contributed by atoms with van der Waals surface area (Å²) in [5.74, 6) is 2.93. The van der Waals surface area contributed by atoms with Gasteiger partial charge in [0, 0.05) is 65.7 Å². The summed E-state index contributed by atoms with van der Waals surface area (Å²) in [5, 5.41) is 25.6. The third-order valence-corrected chi connectivity index (χ3v) is 11.4. The zero-order chi connectivity index (χ0) is 46.2. The van der Waals surface area contributed by atoms with E-state index >= 15 is 0 Å². The molecule has 10 nitrogen and oxygen atoms in total. The summed E-state index contributed by atoms with van der Waals surface area (Å²) in [5.41, 5.74) is 6.67. The summed E-state index contributed by atoms with van der Waals surface area (Å²) in [7, 11) is 0. The first kappa shape index (κ1) is 50.0. The molecule has 1 aliphatic heterocycles. The number of fused-ring (bicyclic) bond motifs is 1. The van der Waals surface area contributed by atoms with Crippen molar-refractivity contribution in [2.75, 3.05) is 30.0 Å². The smallest absolute Gasteiger partial charge is 0.270 e. The average Bonchev–Trinajstić information content (AvgIpc) is 3.45. The molecule has 4 aromatic rings. The van der Waals surface area contributed by atoms with E-state index in [-0.39, 0.29) is 38.8 Å². The van der Waals surface area contributed by atoms with E-state index in [0.717, 1.165) is 59.1 Å². The summed E-state index contributed by atoms with van der Waals surface area (Å²) in [6.45, 7) is 20.1. The highest BCUT2D eigenvalue weighted by Gasteiger charge is 2.40. The second-order valence-corrected chi connectivity index (χ2v) is 18.4.